The number of nitrogens with one attached hydrogen (secondary N) is 1. The van der Waals surface area contributed by atoms with E-state index in [0.717, 1.165) is 10.8 Å². The second-order valence-corrected chi connectivity index (χ2v) is 6.93. The van der Waals surface area contributed by atoms with Gasteiger partial charge in [0.1, 0.15) is 5.02 Å². The minimum Gasteiger partial charge on any atom is -0.298 e. The number of hydrogen-bond acceptors (Lipinski definition) is 4. The van der Waals surface area contributed by atoms with Crippen LogP contribution in [0.25, 0.3) is 0 Å². The van der Waals surface area contributed by atoms with Gasteiger partial charge >= 0.3 is 5.69 Å². The number of rotatable bonds is 4. The van der Waals surface area contributed by atoms with Crippen LogP contribution in [0.4, 0.5) is 0 Å². The quantitative estimate of drug-likeness (QED) is 0.841. The topological polar surface area (TPSA) is 89.0 Å². The fraction of sp³-hybridized carbons (Fsp3) is 0.556. The number of halogens is 1. The first-order chi connectivity index (χ1) is 7.74. The molecule has 0 aliphatic heterocycles. The first-order valence-corrected chi connectivity index (χ1v) is 7.04. The van der Waals surface area contributed by atoms with Gasteiger partial charge in [-0.3, -0.25) is 14.3 Å². The van der Waals surface area contributed by atoms with E-state index >= 15 is 0 Å². The van der Waals surface area contributed by atoms with Crippen LogP contribution in [0.2, 0.25) is 5.02 Å². The summed E-state index contributed by atoms with van der Waals surface area (Å²) in [5, 5.41) is -0.650. The highest BCUT2D eigenvalue weighted by atomic mass is 35.5. The Morgan fingerprint density at radius 3 is 2.53 bits per heavy atom. The summed E-state index contributed by atoms with van der Waals surface area (Å²) < 4.78 is 24.2. The van der Waals surface area contributed by atoms with Crippen LogP contribution >= 0.6 is 11.6 Å². The summed E-state index contributed by atoms with van der Waals surface area (Å²) in [7, 11) is -3.23. The average Bonchev–Trinajstić information content (AvgIpc) is 2.21. The third-order valence-corrected chi connectivity index (χ3v) is 4.76. The molecule has 0 saturated carbocycles. The lowest BCUT2D eigenvalue weighted by molar-refractivity contribution is 0.577. The van der Waals surface area contributed by atoms with E-state index < -0.39 is 26.3 Å². The maximum absolute atomic E-state index is 11.5. The minimum absolute atomic E-state index is 0.0319. The predicted molar refractivity (Wildman–Crippen MR) is 65.3 cm³/mol. The molecule has 1 heterocycles. The molecular formula is C9H13ClN2O4S. The lowest BCUT2D eigenvalue weighted by atomic mass is 10.6. The van der Waals surface area contributed by atoms with Gasteiger partial charge in [-0.1, -0.05) is 11.6 Å². The molecule has 6 nitrogen and oxygen atoms in total. The zero-order chi connectivity index (χ0) is 13.2. The van der Waals surface area contributed by atoms with Crippen molar-refractivity contribution in [1.29, 1.82) is 0 Å². The zero-order valence-electron chi connectivity index (χ0n) is 9.44. The Morgan fingerprint density at radius 2 is 2.00 bits per heavy atom. The molecule has 96 valence electrons. The van der Waals surface area contributed by atoms with Crippen molar-refractivity contribution in [2.45, 2.75) is 25.6 Å². The minimum atomic E-state index is -3.23. The van der Waals surface area contributed by atoms with Crippen molar-refractivity contribution >= 4 is 21.4 Å². The van der Waals surface area contributed by atoms with Crippen LogP contribution < -0.4 is 11.2 Å². The molecule has 0 atom stereocenters. The van der Waals surface area contributed by atoms with Gasteiger partial charge < -0.3 is 0 Å². The monoisotopic (exact) mass is 280 g/mol. The first-order valence-electron chi connectivity index (χ1n) is 4.95. The molecule has 1 N–H and O–H groups in total. The van der Waals surface area contributed by atoms with Gasteiger partial charge in [0, 0.05) is 12.7 Å². The van der Waals surface area contributed by atoms with Crippen LogP contribution in [0.1, 0.15) is 13.8 Å². The molecule has 0 spiro atoms. The standard InChI is InChI=1S/C9H13ClN2O4S/c1-6(2)17(15,16)4-3-12-5-7(10)8(13)11-9(12)14/h5-6H,3-4H2,1-2H3,(H,11,13,14). The normalized spacial score (nSPS) is 12.0. The van der Waals surface area contributed by atoms with E-state index in [1.807, 2.05) is 4.98 Å². The Hall–Kier alpha value is -1.08. The molecule has 8 heteroatoms. The molecule has 0 bridgehead atoms. The van der Waals surface area contributed by atoms with Crippen molar-refractivity contribution in [3.8, 4) is 0 Å². The van der Waals surface area contributed by atoms with Crippen molar-refractivity contribution < 1.29 is 8.42 Å². The molecule has 0 aromatic carbocycles. The number of aryl methyl sites for hydroxylation is 1. The summed E-state index contributed by atoms with van der Waals surface area (Å²) in [4.78, 5) is 24.3. The van der Waals surface area contributed by atoms with E-state index in [9.17, 15) is 18.0 Å². The lowest BCUT2D eigenvalue weighted by Gasteiger charge is -2.08. The van der Waals surface area contributed by atoms with Crippen LogP contribution in [-0.2, 0) is 16.4 Å². The zero-order valence-corrected chi connectivity index (χ0v) is 11.0. The van der Waals surface area contributed by atoms with Crippen LogP contribution in [-0.4, -0.2) is 29.0 Å². The van der Waals surface area contributed by atoms with Crippen molar-refractivity contribution in [3.63, 3.8) is 0 Å². The maximum Gasteiger partial charge on any atom is 0.328 e. The molecule has 0 amide bonds. The number of sulfone groups is 1. The van der Waals surface area contributed by atoms with Crippen molar-refractivity contribution in [3.05, 3.63) is 32.1 Å². The van der Waals surface area contributed by atoms with Gasteiger partial charge in [-0.2, -0.15) is 0 Å². The molecule has 1 rings (SSSR count). The molecule has 0 aliphatic rings. The summed E-state index contributed by atoms with van der Waals surface area (Å²) in [6.07, 6.45) is 1.14. The van der Waals surface area contributed by atoms with Gasteiger partial charge in [-0.15, -0.1) is 0 Å². The Morgan fingerprint density at radius 1 is 1.41 bits per heavy atom. The van der Waals surface area contributed by atoms with E-state index in [4.69, 9.17) is 11.6 Å². The highest BCUT2D eigenvalue weighted by Crippen LogP contribution is 2.02. The Labute approximate surface area is 103 Å². The van der Waals surface area contributed by atoms with Crippen molar-refractivity contribution in [2.75, 3.05) is 5.75 Å². The molecule has 0 radical (unpaired) electrons. The number of aromatic amines is 1. The van der Waals surface area contributed by atoms with Gasteiger partial charge in [0.25, 0.3) is 5.56 Å². The largest absolute Gasteiger partial charge is 0.328 e. The van der Waals surface area contributed by atoms with E-state index in [0.29, 0.717) is 0 Å². The summed E-state index contributed by atoms with van der Waals surface area (Å²) in [6.45, 7) is 3.10. The van der Waals surface area contributed by atoms with E-state index in [2.05, 4.69) is 0 Å². The highest BCUT2D eigenvalue weighted by molar-refractivity contribution is 7.91. The number of nitrogens with zero attached hydrogens (tertiary/aromatic N) is 1. The Balaban J connectivity index is 2.96. The molecule has 0 aliphatic carbocycles. The average molecular weight is 281 g/mol. The first kappa shape index (κ1) is 14.0. The Bertz CT molecular complexity index is 615. The number of H-pyrrole nitrogens is 1. The lowest BCUT2D eigenvalue weighted by Crippen LogP contribution is -2.32. The summed E-state index contributed by atoms with van der Waals surface area (Å²) in [5.74, 6) is -0.174. The van der Waals surface area contributed by atoms with Crippen LogP contribution in [0.15, 0.2) is 15.8 Å². The molecule has 0 saturated heterocycles. The second-order valence-electron chi connectivity index (χ2n) is 3.85. The van der Waals surface area contributed by atoms with Gasteiger partial charge in [-0.05, 0) is 13.8 Å². The maximum atomic E-state index is 11.5. The highest BCUT2D eigenvalue weighted by Gasteiger charge is 2.16. The van der Waals surface area contributed by atoms with Crippen LogP contribution in [0, 0.1) is 0 Å². The predicted octanol–water partition coefficient (Wildman–Crippen LogP) is 0.0132. The molecular weight excluding hydrogens is 268 g/mol. The second kappa shape index (κ2) is 5.05. The summed E-state index contributed by atoms with van der Waals surface area (Å²) in [5.41, 5.74) is -1.35. The fourth-order valence-corrected chi connectivity index (χ4v) is 2.20. The van der Waals surface area contributed by atoms with E-state index in [1.54, 1.807) is 13.8 Å². The third-order valence-electron chi connectivity index (χ3n) is 2.30. The number of hydrogen-bond donors (Lipinski definition) is 1. The molecule has 0 unspecified atom stereocenters. The van der Waals surface area contributed by atoms with Crippen molar-refractivity contribution in [2.24, 2.45) is 0 Å². The number of aromatic nitrogens is 2. The van der Waals surface area contributed by atoms with Gasteiger partial charge in [0.05, 0.1) is 11.0 Å². The van der Waals surface area contributed by atoms with Gasteiger partial charge in [-0.25, -0.2) is 13.2 Å². The SMILES string of the molecule is CC(C)S(=O)(=O)CCn1cc(Cl)c(=O)[nH]c1=O. The van der Waals surface area contributed by atoms with Crippen LogP contribution in [0.5, 0.6) is 0 Å². The summed E-state index contributed by atoms with van der Waals surface area (Å²) in [6, 6.07) is 0. The molecule has 0 fully saturated rings. The molecule has 17 heavy (non-hydrogen) atoms. The molecule has 1 aromatic heterocycles. The van der Waals surface area contributed by atoms with Gasteiger partial charge in [0.15, 0.2) is 9.84 Å². The van der Waals surface area contributed by atoms with E-state index in [-0.39, 0.29) is 17.3 Å². The smallest absolute Gasteiger partial charge is 0.298 e. The fourth-order valence-electron chi connectivity index (χ4n) is 1.11. The Kier molecular flexibility index (Phi) is 4.16. The summed E-state index contributed by atoms with van der Waals surface area (Å²) >= 11 is 5.55. The van der Waals surface area contributed by atoms with Crippen LogP contribution in [0.3, 0.4) is 0 Å². The van der Waals surface area contributed by atoms with Crippen molar-refractivity contribution in [1.82, 2.24) is 9.55 Å². The van der Waals surface area contributed by atoms with Gasteiger partial charge in [0.2, 0.25) is 0 Å². The molecule has 1 aromatic rings. The van der Waals surface area contributed by atoms with E-state index in [1.165, 1.54) is 0 Å². The third kappa shape index (κ3) is 3.44.